The Kier molecular flexibility index (Phi) is 5.67. The number of piperazine rings is 1. The van der Waals surface area contributed by atoms with Crippen LogP contribution in [0.2, 0.25) is 0 Å². The number of urea groups is 1. The van der Waals surface area contributed by atoms with E-state index in [1.165, 1.54) is 9.60 Å². The van der Waals surface area contributed by atoms with Crippen molar-refractivity contribution in [2.24, 2.45) is 0 Å². The molecule has 5 rings (SSSR count). The van der Waals surface area contributed by atoms with Crippen LogP contribution in [0, 0.1) is 0 Å². The third-order valence-corrected chi connectivity index (χ3v) is 6.91. The second-order valence-corrected chi connectivity index (χ2v) is 9.18. The minimum Gasteiger partial charge on any atom is -0.325 e. The van der Waals surface area contributed by atoms with Gasteiger partial charge in [0.1, 0.15) is 11.0 Å². The Hall–Kier alpha value is -2.81. The number of fused-ring (bicyclic) bond motifs is 1. The van der Waals surface area contributed by atoms with Crippen molar-refractivity contribution >= 4 is 33.5 Å². The fraction of sp³-hybridized carbons (Fsp3) is 0.348. The molecule has 0 bridgehead atoms. The standard InChI is InChI=1S/C23H25N5O2S/c29-22-19(14-17-6-2-1-3-7-17)25-23(30)28(22)16-27-12-10-26(11-13-27)15-21-24-18-8-4-5-9-20(18)31-21/h1-9,19H,10-16H2,(H,25,30)/t19-/m0/s1. The zero-order chi connectivity index (χ0) is 21.2. The van der Waals surface area contributed by atoms with E-state index >= 15 is 0 Å². The van der Waals surface area contributed by atoms with Crippen molar-refractivity contribution < 1.29 is 9.59 Å². The predicted octanol–water partition coefficient (Wildman–Crippen LogP) is 2.53. The number of para-hydroxylation sites is 1. The Morgan fingerprint density at radius 2 is 1.65 bits per heavy atom. The summed E-state index contributed by atoms with van der Waals surface area (Å²) in [5, 5.41) is 3.97. The van der Waals surface area contributed by atoms with Gasteiger partial charge in [0.05, 0.1) is 23.4 Å². The van der Waals surface area contributed by atoms with Gasteiger partial charge in [-0.2, -0.15) is 0 Å². The minimum atomic E-state index is -0.477. The number of benzene rings is 2. The maximum Gasteiger partial charge on any atom is 0.325 e. The number of nitrogens with one attached hydrogen (secondary N) is 1. The maximum absolute atomic E-state index is 12.8. The van der Waals surface area contributed by atoms with Crippen LogP contribution in [0.3, 0.4) is 0 Å². The summed E-state index contributed by atoms with van der Waals surface area (Å²) in [7, 11) is 0. The van der Waals surface area contributed by atoms with Crippen molar-refractivity contribution in [1.82, 2.24) is 25.0 Å². The topological polar surface area (TPSA) is 68.8 Å². The van der Waals surface area contributed by atoms with Gasteiger partial charge in [-0.25, -0.2) is 14.7 Å². The molecule has 0 radical (unpaired) electrons. The van der Waals surface area contributed by atoms with Gasteiger partial charge < -0.3 is 5.32 Å². The van der Waals surface area contributed by atoms with Crippen LogP contribution in [0.25, 0.3) is 10.2 Å². The molecule has 3 heterocycles. The van der Waals surface area contributed by atoms with Gasteiger partial charge in [-0.3, -0.25) is 14.6 Å². The van der Waals surface area contributed by atoms with Crippen LogP contribution < -0.4 is 5.32 Å². The highest BCUT2D eigenvalue weighted by Crippen LogP contribution is 2.23. The Morgan fingerprint density at radius 3 is 2.42 bits per heavy atom. The van der Waals surface area contributed by atoms with Crippen LogP contribution in [0.5, 0.6) is 0 Å². The zero-order valence-corrected chi connectivity index (χ0v) is 18.1. The monoisotopic (exact) mass is 435 g/mol. The summed E-state index contributed by atoms with van der Waals surface area (Å²) in [6.45, 7) is 4.64. The zero-order valence-electron chi connectivity index (χ0n) is 17.2. The van der Waals surface area contributed by atoms with E-state index in [1.54, 1.807) is 11.3 Å². The summed E-state index contributed by atoms with van der Waals surface area (Å²) < 4.78 is 1.22. The smallest absolute Gasteiger partial charge is 0.325 e. The number of aromatic nitrogens is 1. The summed E-state index contributed by atoms with van der Waals surface area (Å²) in [4.78, 5) is 35.8. The largest absolute Gasteiger partial charge is 0.325 e. The Morgan fingerprint density at radius 1 is 0.935 bits per heavy atom. The van der Waals surface area contributed by atoms with Crippen LogP contribution in [-0.2, 0) is 17.8 Å². The van der Waals surface area contributed by atoms with Crippen molar-refractivity contribution in [2.45, 2.75) is 19.0 Å². The summed E-state index contributed by atoms with van der Waals surface area (Å²) >= 11 is 1.75. The molecule has 7 nitrogen and oxygen atoms in total. The van der Waals surface area contributed by atoms with Crippen LogP contribution in [-0.4, -0.2) is 70.5 Å². The van der Waals surface area contributed by atoms with Crippen molar-refractivity contribution in [3.8, 4) is 0 Å². The molecule has 0 spiro atoms. The molecule has 2 aromatic carbocycles. The molecule has 3 aromatic rings. The lowest BCUT2D eigenvalue weighted by Gasteiger charge is -2.35. The Balaban J connectivity index is 1.13. The second-order valence-electron chi connectivity index (χ2n) is 8.07. The average Bonchev–Trinajstić information content (AvgIpc) is 3.31. The Bertz CT molecular complexity index is 1040. The van der Waals surface area contributed by atoms with E-state index in [2.05, 4.69) is 27.2 Å². The molecule has 2 aliphatic heterocycles. The molecule has 2 saturated heterocycles. The third kappa shape index (κ3) is 4.46. The first-order valence-corrected chi connectivity index (χ1v) is 11.4. The van der Waals surface area contributed by atoms with Gasteiger partial charge in [-0.05, 0) is 17.7 Å². The first-order chi connectivity index (χ1) is 15.2. The summed E-state index contributed by atoms with van der Waals surface area (Å²) in [6.07, 6.45) is 0.526. The SMILES string of the molecule is O=C1N[C@@H](Cc2ccccc2)C(=O)N1CN1CCN(Cc2nc3ccccc3s2)CC1. The number of nitrogens with zero attached hydrogens (tertiary/aromatic N) is 4. The molecule has 2 fully saturated rings. The lowest BCUT2D eigenvalue weighted by molar-refractivity contribution is -0.129. The van der Waals surface area contributed by atoms with E-state index in [9.17, 15) is 9.59 Å². The van der Waals surface area contributed by atoms with Crippen molar-refractivity contribution in [3.05, 3.63) is 65.2 Å². The van der Waals surface area contributed by atoms with Gasteiger partial charge in [0.25, 0.3) is 5.91 Å². The van der Waals surface area contributed by atoms with Gasteiger partial charge in [-0.1, -0.05) is 42.5 Å². The van der Waals surface area contributed by atoms with Gasteiger partial charge >= 0.3 is 6.03 Å². The van der Waals surface area contributed by atoms with Gasteiger partial charge in [0, 0.05) is 32.6 Å². The highest BCUT2D eigenvalue weighted by Gasteiger charge is 2.39. The maximum atomic E-state index is 12.8. The molecule has 8 heteroatoms. The molecular weight excluding hydrogens is 410 g/mol. The molecule has 2 aliphatic rings. The molecule has 1 atom stereocenters. The number of imide groups is 1. The molecule has 0 unspecified atom stereocenters. The van der Waals surface area contributed by atoms with E-state index in [0.29, 0.717) is 13.1 Å². The van der Waals surface area contributed by atoms with Crippen molar-refractivity contribution in [3.63, 3.8) is 0 Å². The van der Waals surface area contributed by atoms with E-state index in [4.69, 9.17) is 4.98 Å². The molecular formula is C23H25N5O2S. The Labute approximate surface area is 185 Å². The molecule has 1 aromatic heterocycles. The number of carbonyl (C=O) groups excluding carboxylic acids is 2. The third-order valence-electron chi connectivity index (χ3n) is 5.89. The van der Waals surface area contributed by atoms with Gasteiger partial charge in [0.2, 0.25) is 0 Å². The van der Waals surface area contributed by atoms with Gasteiger partial charge in [0.15, 0.2) is 0 Å². The molecule has 3 amide bonds. The summed E-state index contributed by atoms with van der Waals surface area (Å²) in [6, 6.07) is 17.3. The fourth-order valence-electron chi connectivity index (χ4n) is 4.17. The highest BCUT2D eigenvalue weighted by atomic mass is 32.1. The van der Waals surface area contributed by atoms with Crippen molar-refractivity contribution in [2.75, 3.05) is 32.8 Å². The van der Waals surface area contributed by atoms with Crippen molar-refractivity contribution in [1.29, 1.82) is 0 Å². The van der Waals surface area contributed by atoms with Crippen LogP contribution >= 0.6 is 11.3 Å². The summed E-state index contributed by atoms with van der Waals surface area (Å²) in [5.74, 6) is -0.134. The number of hydrogen-bond acceptors (Lipinski definition) is 6. The van der Waals surface area contributed by atoms with Crippen LogP contribution in [0.4, 0.5) is 4.79 Å². The van der Waals surface area contributed by atoms with Gasteiger partial charge in [-0.15, -0.1) is 11.3 Å². The van der Waals surface area contributed by atoms with E-state index < -0.39 is 6.04 Å². The normalized spacial score (nSPS) is 20.5. The molecule has 31 heavy (non-hydrogen) atoms. The lowest BCUT2D eigenvalue weighted by atomic mass is 10.1. The molecule has 0 saturated carbocycles. The second kappa shape index (κ2) is 8.74. The minimum absolute atomic E-state index is 0.134. The van der Waals surface area contributed by atoms with Crippen LogP contribution in [0.15, 0.2) is 54.6 Å². The quantitative estimate of drug-likeness (QED) is 0.603. The first kappa shape index (κ1) is 20.1. The average molecular weight is 436 g/mol. The van der Waals surface area contributed by atoms with E-state index in [-0.39, 0.29) is 11.9 Å². The summed E-state index contributed by atoms with van der Waals surface area (Å²) in [5.41, 5.74) is 2.11. The number of hydrogen-bond donors (Lipinski definition) is 1. The molecule has 0 aliphatic carbocycles. The fourth-order valence-corrected chi connectivity index (χ4v) is 5.18. The van der Waals surface area contributed by atoms with E-state index in [0.717, 1.165) is 48.8 Å². The predicted molar refractivity (Wildman–Crippen MR) is 121 cm³/mol. The van der Waals surface area contributed by atoms with E-state index in [1.807, 2.05) is 42.5 Å². The molecule has 160 valence electrons. The number of carbonyl (C=O) groups is 2. The lowest BCUT2D eigenvalue weighted by Crippen LogP contribution is -2.51. The number of amides is 3. The number of rotatable bonds is 6. The highest BCUT2D eigenvalue weighted by molar-refractivity contribution is 7.18. The molecule has 1 N–H and O–H groups in total. The van der Waals surface area contributed by atoms with Crippen LogP contribution in [0.1, 0.15) is 10.6 Å². The number of thiazole rings is 1. The first-order valence-electron chi connectivity index (χ1n) is 10.6.